The fourth-order valence-corrected chi connectivity index (χ4v) is 7.05. The van der Waals surface area contributed by atoms with Crippen molar-refractivity contribution in [3.05, 3.63) is 11.6 Å². The van der Waals surface area contributed by atoms with Gasteiger partial charge in [-0.1, -0.05) is 33.3 Å². The first-order chi connectivity index (χ1) is 10.3. The summed E-state index contributed by atoms with van der Waals surface area (Å²) < 4.78 is 0. The number of carbonyl (C=O) groups excluding carboxylic acids is 1. The largest absolute Gasteiger partial charge is 0.295 e. The summed E-state index contributed by atoms with van der Waals surface area (Å²) in [6, 6.07) is 0. The Labute approximate surface area is 135 Å². The Bertz CT molecular complexity index is 542. The lowest BCUT2D eigenvalue weighted by Gasteiger charge is -2.59. The zero-order valence-corrected chi connectivity index (χ0v) is 14.9. The predicted molar refractivity (Wildman–Crippen MR) is 90.5 cm³/mol. The van der Waals surface area contributed by atoms with Crippen LogP contribution in [0.15, 0.2) is 11.6 Å². The van der Waals surface area contributed by atoms with E-state index in [0.29, 0.717) is 22.0 Å². The van der Waals surface area contributed by atoms with Crippen molar-refractivity contribution in [2.24, 2.45) is 34.0 Å². The fraction of sp³-hybridized carbons (Fsp3) is 0.857. The monoisotopic (exact) mass is 300 g/mol. The third-order valence-corrected chi connectivity index (χ3v) is 8.98. The first-order valence-electron chi connectivity index (χ1n) is 9.52. The molecular formula is C21H32O. The zero-order valence-electron chi connectivity index (χ0n) is 14.9. The standard InChI is InChI=1S/C21H32O/c1-19(2)10-8-18-16-6-5-14-13-15(22)7-11-20(14,3)17(16)9-12-21(18,19)4/h13,16-18H,5-12H2,1-4H3/t16?,17-,18-,20-,21-/m0/s1. The van der Waals surface area contributed by atoms with Crippen molar-refractivity contribution >= 4 is 5.78 Å². The average molecular weight is 300 g/mol. The summed E-state index contributed by atoms with van der Waals surface area (Å²) in [7, 11) is 0. The van der Waals surface area contributed by atoms with Gasteiger partial charge in [0, 0.05) is 6.42 Å². The van der Waals surface area contributed by atoms with Crippen molar-refractivity contribution in [3.63, 3.8) is 0 Å². The van der Waals surface area contributed by atoms with Crippen molar-refractivity contribution in [3.8, 4) is 0 Å². The van der Waals surface area contributed by atoms with Crippen LogP contribution in [0.25, 0.3) is 0 Å². The summed E-state index contributed by atoms with van der Waals surface area (Å²) >= 11 is 0. The highest BCUT2D eigenvalue weighted by atomic mass is 16.1. The van der Waals surface area contributed by atoms with E-state index in [-0.39, 0.29) is 0 Å². The number of ketones is 1. The Morgan fingerprint density at radius 2 is 1.64 bits per heavy atom. The van der Waals surface area contributed by atoms with Gasteiger partial charge in [0.2, 0.25) is 0 Å². The molecule has 1 unspecified atom stereocenters. The van der Waals surface area contributed by atoms with Gasteiger partial charge in [0.05, 0.1) is 0 Å². The number of allylic oxidation sites excluding steroid dienone is 1. The third kappa shape index (κ3) is 1.74. The number of carbonyl (C=O) groups is 1. The molecule has 0 aromatic carbocycles. The highest BCUT2D eigenvalue weighted by molar-refractivity contribution is 5.91. The van der Waals surface area contributed by atoms with Crippen LogP contribution in [0.3, 0.4) is 0 Å². The summed E-state index contributed by atoms with van der Waals surface area (Å²) in [6.07, 6.45) is 12.1. The lowest BCUT2D eigenvalue weighted by Crippen LogP contribution is -2.51. The van der Waals surface area contributed by atoms with Gasteiger partial charge in [-0.25, -0.2) is 0 Å². The van der Waals surface area contributed by atoms with E-state index in [4.69, 9.17) is 0 Å². The fourth-order valence-electron chi connectivity index (χ4n) is 7.05. The molecule has 4 rings (SSSR count). The van der Waals surface area contributed by atoms with E-state index in [9.17, 15) is 4.79 Å². The normalized spacial score (nSPS) is 49.9. The second-order valence-corrected chi connectivity index (χ2v) is 9.85. The molecule has 0 N–H and O–H groups in total. The van der Waals surface area contributed by atoms with Crippen LogP contribution >= 0.6 is 0 Å². The molecule has 0 radical (unpaired) electrons. The van der Waals surface area contributed by atoms with E-state index in [0.717, 1.165) is 30.6 Å². The summed E-state index contributed by atoms with van der Waals surface area (Å²) in [5, 5.41) is 0. The van der Waals surface area contributed by atoms with Crippen molar-refractivity contribution in [1.29, 1.82) is 0 Å². The van der Waals surface area contributed by atoms with Crippen LogP contribution in [-0.2, 0) is 4.79 Å². The van der Waals surface area contributed by atoms with Gasteiger partial charge in [-0.2, -0.15) is 0 Å². The number of hydrogen-bond donors (Lipinski definition) is 0. The molecule has 3 fully saturated rings. The molecule has 1 heteroatoms. The van der Waals surface area contributed by atoms with Crippen molar-refractivity contribution in [1.82, 2.24) is 0 Å². The Balaban J connectivity index is 1.70. The molecule has 0 saturated heterocycles. The van der Waals surface area contributed by atoms with E-state index in [1.54, 1.807) is 0 Å². The molecule has 0 amide bonds. The SMILES string of the molecule is CC1(C)CC[C@H]2C3CCC4=CC(=O)CC[C@]4(C)[C@H]3CC[C@@]21C. The Kier molecular flexibility index (Phi) is 3.05. The molecule has 122 valence electrons. The maximum absolute atomic E-state index is 11.9. The molecule has 3 saturated carbocycles. The number of fused-ring (bicyclic) bond motifs is 5. The molecule has 0 heterocycles. The van der Waals surface area contributed by atoms with Gasteiger partial charge in [0.1, 0.15) is 0 Å². The summed E-state index contributed by atoms with van der Waals surface area (Å²) in [5.41, 5.74) is 2.91. The molecule has 4 aliphatic rings. The first-order valence-corrected chi connectivity index (χ1v) is 9.52. The molecular weight excluding hydrogens is 268 g/mol. The lowest BCUT2D eigenvalue weighted by molar-refractivity contribution is -0.118. The van der Waals surface area contributed by atoms with Crippen LogP contribution in [0.2, 0.25) is 0 Å². The molecule has 0 aromatic heterocycles. The Morgan fingerprint density at radius 1 is 0.909 bits per heavy atom. The van der Waals surface area contributed by atoms with Gasteiger partial charge in [0.15, 0.2) is 5.78 Å². The van der Waals surface area contributed by atoms with Gasteiger partial charge in [-0.15, -0.1) is 0 Å². The molecule has 4 aliphatic carbocycles. The van der Waals surface area contributed by atoms with Crippen LogP contribution in [0.4, 0.5) is 0 Å². The van der Waals surface area contributed by atoms with E-state index in [1.807, 2.05) is 6.08 Å². The second kappa shape index (κ2) is 4.48. The van der Waals surface area contributed by atoms with Gasteiger partial charge in [-0.3, -0.25) is 4.79 Å². The van der Waals surface area contributed by atoms with Crippen molar-refractivity contribution in [2.45, 2.75) is 79.1 Å². The third-order valence-electron chi connectivity index (χ3n) is 8.98. The summed E-state index contributed by atoms with van der Waals surface area (Å²) in [6.45, 7) is 10.1. The van der Waals surface area contributed by atoms with Crippen LogP contribution < -0.4 is 0 Å². The van der Waals surface area contributed by atoms with Crippen molar-refractivity contribution < 1.29 is 4.79 Å². The highest BCUT2D eigenvalue weighted by Crippen LogP contribution is 2.69. The van der Waals surface area contributed by atoms with Gasteiger partial charge in [-0.05, 0) is 85.0 Å². The highest BCUT2D eigenvalue weighted by Gasteiger charge is 2.61. The quantitative estimate of drug-likeness (QED) is 0.573. The summed E-state index contributed by atoms with van der Waals surface area (Å²) in [4.78, 5) is 11.9. The van der Waals surface area contributed by atoms with Crippen LogP contribution in [0, 0.1) is 34.0 Å². The molecule has 0 aliphatic heterocycles. The molecule has 1 nitrogen and oxygen atoms in total. The Morgan fingerprint density at radius 3 is 2.41 bits per heavy atom. The number of rotatable bonds is 0. The van der Waals surface area contributed by atoms with Gasteiger partial charge >= 0.3 is 0 Å². The zero-order chi connectivity index (χ0) is 15.8. The smallest absolute Gasteiger partial charge is 0.155 e. The minimum atomic E-state index is 0.338. The van der Waals surface area contributed by atoms with E-state index < -0.39 is 0 Å². The van der Waals surface area contributed by atoms with E-state index >= 15 is 0 Å². The molecule has 5 atom stereocenters. The van der Waals surface area contributed by atoms with Gasteiger partial charge < -0.3 is 0 Å². The molecule has 22 heavy (non-hydrogen) atoms. The lowest BCUT2D eigenvalue weighted by atomic mass is 9.45. The molecule has 0 spiro atoms. The van der Waals surface area contributed by atoms with Crippen molar-refractivity contribution in [2.75, 3.05) is 0 Å². The number of hydrogen-bond acceptors (Lipinski definition) is 1. The van der Waals surface area contributed by atoms with E-state index in [2.05, 4.69) is 27.7 Å². The molecule has 0 bridgehead atoms. The average Bonchev–Trinajstić information content (AvgIpc) is 2.70. The second-order valence-electron chi connectivity index (χ2n) is 9.85. The predicted octanol–water partition coefficient (Wildman–Crippen LogP) is 5.54. The summed E-state index contributed by atoms with van der Waals surface area (Å²) in [5.74, 6) is 3.06. The Hall–Kier alpha value is -0.590. The first kappa shape index (κ1) is 15.0. The minimum Gasteiger partial charge on any atom is -0.295 e. The topological polar surface area (TPSA) is 17.1 Å². The van der Waals surface area contributed by atoms with Crippen LogP contribution in [0.1, 0.15) is 79.1 Å². The maximum atomic E-state index is 11.9. The molecule has 0 aromatic rings. The minimum absolute atomic E-state index is 0.338. The van der Waals surface area contributed by atoms with Crippen LogP contribution in [0.5, 0.6) is 0 Å². The van der Waals surface area contributed by atoms with Gasteiger partial charge in [0.25, 0.3) is 0 Å². The maximum Gasteiger partial charge on any atom is 0.155 e. The van der Waals surface area contributed by atoms with E-state index in [1.165, 1.54) is 44.1 Å². The van der Waals surface area contributed by atoms with Crippen LogP contribution in [-0.4, -0.2) is 5.78 Å².